The minimum absolute atomic E-state index is 0.0262. The SMILES string of the molecule is CC(=O)NC1CCN(c2cc(C)c(N)cn2)C1. The number of nitrogens with zero attached hydrogens (tertiary/aromatic N) is 2. The van der Waals surface area contributed by atoms with Gasteiger partial charge in [-0.05, 0) is 25.0 Å². The molecule has 0 bridgehead atoms. The fourth-order valence-electron chi connectivity index (χ4n) is 2.10. The van der Waals surface area contributed by atoms with Gasteiger partial charge in [-0.1, -0.05) is 0 Å². The van der Waals surface area contributed by atoms with Gasteiger partial charge in [0.2, 0.25) is 5.91 Å². The number of anilines is 2. The number of rotatable bonds is 2. The van der Waals surface area contributed by atoms with Gasteiger partial charge in [-0.3, -0.25) is 4.79 Å². The molecular formula is C12H18N4O. The van der Waals surface area contributed by atoms with Crippen LogP contribution in [0.4, 0.5) is 11.5 Å². The molecule has 2 rings (SSSR count). The minimum atomic E-state index is 0.0262. The molecule has 1 aliphatic heterocycles. The van der Waals surface area contributed by atoms with Crippen LogP contribution in [0.3, 0.4) is 0 Å². The first kappa shape index (κ1) is 11.7. The molecule has 92 valence electrons. The Hall–Kier alpha value is -1.78. The summed E-state index contributed by atoms with van der Waals surface area (Å²) in [4.78, 5) is 17.5. The van der Waals surface area contributed by atoms with E-state index in [0.29, 0.717) is 5.69 Å². The van der Waals surface area contributed by atoms with E-state index in [1.54, 1.807) is 13.1 Å². The van der Waals surface area contributed by atoms with Gasteiger partial charge in [-0.25, -0.2) is 4.98 Å². The van der Waals surface area contributed by atoms with E-state index in [4.69, 9.17) is 5.73 Å². The maximum Gasteiger partial charge on any atom is 0.217 e. The van der Waals surface area contributed by atoms with Crippen molar-refractivity contribution in [2.24, 2.45) is 0 Å². The molecule has 0 saturated carbocycles. The molecule has 0 aliphatic carbocycles. The summed E-state index contributed by atoms with van der Waals surface area (Å²) in [6, 6.07) is 2.22. The lowest BCUT2D eigenvalue weighted by Crippen LogP contribution is -2.35. The first-order valence-electron chi connectivity index (χ1n) is 5.80. The van der Waals surface area contributed by atoms with Crippen LogP contribution in [0.15, 0.2) is 12.3 Å². The molecule has 0 aromatic carbocycles. The van der Waals surface area contributed by atoms with Crippen LogP contribution in [0.2, 0.25) is 0 Å². The summed E-state index contributed by atoms with van der Waals surface area (Å²) >= 11 is 0. The third kappa shape index (κ3) is 2.67. The second-order valence-corrected chi connectivity index (χ2v) is 4.53. The molecule has 1 aliphatic rings. The molecular weight excluding hydrogens is 216 g/mol. The van der Waals surface area contributed by atoms with Gasteiger partial charge in [-0.15, -0.1) is 0 Å². The van der Waals surface area contributed by atoms with Crippen LogP contribution in [0.25, 0.3) is 0 Å². The number of amides is 1. The highest BCUT2D eigenvalue weighted by molar-refractivity contribution is 5.73. The van der Waals surface area contributed by atoms with Crippen molar-refractivity contribution in [3.05, 3.63) is 17.8 Å². The zero-order chi connectivity index (χ0) is 12.4. The van der Waals surface area contributed by atoms with Crippen molar-refractivity contribution in [2.45, 2.75) is 26.3 Å². The molecule has 1 unspecified atom stereocenters. The second-order valence-electron chi connectivity index (χ2n) is 4.53. The van der Waals surface area contributed by atoms with E-state index in [1.807, 2.05) is 13.0 Å². The van der Waals surface area contributed by atoms with Crippen molar-refractivity contribution in [2.75, 3.05) is 23.7 Å². The normalized spacial score (nSPS) is 19.4. The average Bonchev–Trinajstić information content (AvgIpc) is 2.69. The maximum atomic E-state index is 11.0. The summed E-state index contributed by atoms with van der Waals surface area (Å²) in [6.07, 6.45) is 2.65. The van der Waals surface area contributed by atoms with Crippen LogP contribution in [0.5, 0.6) is 0 Å². The van der Waals surface area contributed by atoms with Gasteiger partial charge in [0.25, 0.3) is 0 Å². The van der Waals surface area contributed by atoms with E-state index in [9.17, 15) is 4.79 Å². The Bertz CT molecular complexity index is 433. The highest BCUT2D eigenvalue weighted by atomic mass is 16.1. The Morgan fingerprint density at radius 1 is 1.65 bits per heavy atom. The molecule has 1 aromatic heterocycles. The number of pyridine rings is 1. The van der Waals surface area contributed by atoms with E-state index < -0.39 is 0 Å². The van der Waals surface area contributed by atoms with Crippen molar-refractivity contribution in [1.82, 2.24) is 10.3 Å². The maximum absolute atomic E-state index is 11.0. The molecule has 5 nitrogen and oxygen atoms in total. The van der Waals surface area contributed by atoms with Crippen LogP contribution in [-0.2, 0) is 4.79 Å². The predicted molar refractivity (Wildman–Crippen MR) is 67.8 cm³/mol. The van der Waals surface area contributed by atoms with Gasteiger partial charge in [0, 0.05) is 26.1 Å². The Morgan fingerprint density at radius 2 is 2.41 bits per heavy atom. The third-order valence-electron chi connectivity index (χ3n) is 3.06. The standard InChI is InChI=1S/C12H18N4O/c1-8-5-12(14-6-11(8)13)16-4-3-10(7-16)15-9(2)17/h5-6,10H,3-4,7,13H2,1-2H3,(H,15,17). The first-order valence-corrected chi connectivity index (χ1v) is 5.80. The summed E-state index contributed by atoms with van der Waals surface area (Å²) in [6.45, 7) is 5.26. The summed E-state index contributed by atoms with van der Waals surface area (Å²) in [5, 5.41) is 2.93. The fourth-order valence-corrected chi connectivity index (χ4v) is 2.10. The van der Waals surface area contributed by atoms with Gasteiger partial charge < -0.3 is 16.0 Å². The number of aromatic nitrogens is 1. The monoisotopic (exact) mass is 234 g/mol. The summed E-state index contributed by atoms with van der Waals surface area (Å²) in [5.41, 5.74) is 7.50. The number of nitrogen functional groups attached to an aromatic ring is 1. The lowest BCUT2D eigenvalue weighted by molar-refractivity contribution is -0.119. The van der Waals surface area contributed by atoms with E-state index >= 15 is 0 Å². The van der Waals surface area contributed by atoms with Crippen molar-refractivity contribution >= 4 is 17.4 Å². The molecule has 17 heavy (non-hydrogen) atoms. The molecule has 0 radical (unpaired) electrons. The summed E-state index contributed by atoms with van der Waals surface area (Å²) in [7, 11) is 0. The lowest BCUT2D eigenvalue weighted by atomic mass is 10.2. The molecule has 1 aromatic rings. The molecule has 1 atom stereocenters. The highest BCUT2D eigenvalue weighted by Gasteiger charge is 2.23. The van der Waals surface area contributed by atoms with Gasteiger partial charge in [0.05, 0.1) is 11.9 Å². The zero-order valence-corrected chi connectivity index (χ0v) is 10.2. The van der Waals surface area contributed by atoms with Gasteiger partial charge in [-0.2, -0.15) is 0 Å². The Balaban J connectivity index is 2.04. The second kappa shape index (κ2) is 4.61. The number of hydrogen-bond donors (Lipinski definition) is 2. The van der Waals surface area contributed by atoms with Crippen LogP contribution in [0.1, 0.15) is 18.9 Å². The van der Waals surface area contributed by atoms with E-state index in [0.717, 1.165) is 30.9 Å². The number of aryl methyl sites for hydroxylation is 1. The smallest absolute Gasteiger partial charge is 0.217 e. The number of nitrogens with two attached hydrogens (primary N) is 1. The van der Waals surface area contributed by atoms with Crippen molar-refractivity contribution in [3.63, 3.8) is 0 Å². The van der Waals surface area contributed by atoms with E-state index in [1.165, 1.54) is 0 Å². The van der Waals surface area contributed by atoms with E-state index in [2.05, 4.69) is 15.2 Å². The average molecular weight is 234 g/mol. The van der Waals surface area contributed by atoms with Crippen LogP contribution in [0, 0.1) is 6.92 Å². The highest BCUT2D eigenvalue weighted by Crippen LogP contribution is 2.21. The largest absolute Gasteiger partial charge is 0.397 e. The minimum Gasteiger partial charge on any atom is -0.397 e. The van der Waals surface area contributed by atoms with Crippen LogP contribution >= 0.6 is 0 Å². The topological polar surface area (TPSA) is 71.2 Å². The number of carbonyl (C=O) groups is 1. The molecule has 1 fully saturated rings. The molecule has 1 amide bonds. The predicted octanol–water partition coefficient (Wildman–Crippen LogP) is 0.687. The Kier molecular flexibility index (Phi) is 3.17. The Labute approximate surface area is 101 Å². The molecule has 3 N–H and O–H groups in total. The number of nitrogens with one attached hydrogen (secondary N) is 1. The summed E-state index contributed by atoms with van der Waals surface area (Å²) in [5.74, 6) is 0.961. The van der Waals surface area contributed by atoms with Crippen molar-refractivity contribution in [1.29, 1.82) is 0 Å². The van der Waals surface area contributed by atoms with Crippen LogP contribution in [-0.4, -0.2) is 30.0 Å². The molecule has 2 heterocycles. The summed E-state index contributed by atoms with van der Waals surface area (Å²) < 4.78 is 0. The fraction of sp³-hybridized carbons (Fsp3) is 0.500. The first-order chi connectivity index (χ1) is 8.06. The molecule has 5 heteroatoms. The van der Waals surface area contributed by atoms with Crippen molar-refractivity contribution < 1.29 is 4.79 Å². The quantitative estimate of drug-likeness (QED) is 0.789. The zero-order valence-electron chi connectivity index (χ0n) is 10.2. The lowest BCUT2D eigenvalue weighted by Gasteiger charge is -2.18. The van der Waals surface area contributed by atoms with Gasteiger partial charge in [0.15, 0.2) is 0 Å². The molecule has 0 spiro atoms. The van der Waals surface area contributed by atoms with Crippen molar-refractivity contribution in [3.8, 4) is 0 Å². The van der Waals surface area contributed by atoms with Gasteiger partial charge in [0.1, 0.15) is 5.82 Å². The number of carbonyl (C=O) groups excluding carboxylic acids is 1. The van der Waals surface area contributed by atoms with Gasteiger partial charge >= 0.3 is 0 Å². The molecule has 1 saturated heterocycles. The van der Waals surface area contributed by atoms with Crippen LogP contribution < -0.4 is 16.0 Å². The number of hydrogen-bond acceptors (Lipinski definition) is 4. The Morgan fingerprint density at radius 3 is 3.06 bits per heavy atom. The van der Waals surface area contributed by atoms with E-state index in [-0.39, 0.29) is 11.9 Å². The third-order valence-corrected chi connectivity index (χ3v) is 3.06.